The summed E-state index contributed by atoms with van der Waals surface area (Å²) >= 11 is 17.4. The average molecular weight is 373 g/mol. The Morgan fingerprint density at radius 1 is 1.04 bits per heavy atom. The van der Waals surface area contributed by atoms with Gasteiger partial charge in [-0.1, -0.05) is 46.0 Å². The first-order valence-corrected chi connectivity index (χ1v) is 7.72. The Kier molecular flexibility index (Phi) is 6.71. The van der Waals surface area contributed by atoms with Crippen LogP contribution in [-0.2, 0) is 16.2 Å². The molecule has 0 aliphatic carbocycles. The molecule has 2 rings (SSSR count). The first-order valence-electron chi connectivity index (χ1n) is 6.58. The van der Waals surface area contributed by atoms with Crippen LogP contribution in [0.4, 0.5) is 0 Å². The molecule has 0 heterocycles. The highest BCUT2D eigenvalue weighted by Crippen LogP contribution is 2.22. The number of oxime groups is 1. The molecule has 0 spiro atoms. The van der Waals surface area contributed by atoms with Crippen molar-refractivity contribution in [3.05, 3.63) is 63.1 Å². The number of rotatable bonds is 6. The molecule has 0 saturated carbocycles. The van der Waals surface area contributed by atoms with Gasteiger partial charge in [-0.25, -0.2) is 0 Å². The molecule has 0 atom stereocenters. The van der Waals surface area contributed by atoms with E-state index < -0.39 is 5.97 Å². The lowest BCUT2D eigenvalue weighted by Crippen LogP contribution is -2.08. The first-order chi connectivity index (χ1) is 11.0. The summed E-state index contributed by atoms with van der Waals surface area (Å²) in [6.45, 7) is 0.222. The molecule has 7 heteroatoms. The number of carbonyl (C=O) groups excluding carboxylic acids is 1. The molecule has 23 heavy (non-hydrogen) atoms. The summed E-state index contributed by atoms with van der Waals surface area (Å²) in [6, 6.07) is 11.6. The van der Waals surface area contributed by atoms with E-state index in [4.69, 9.17) is 44.4 Å². The summed E-state index contributed by atoms with van der Waals surface area (Å²) in [7, 11) is 0. The zero-order valence-corrected chi connectivity index (χ0v) is 14.1. The van der Waals surface area contributed by atoms with Crippen molar-refractivity contribution in [2.24, 2.45) is 5.16 Å². The Labute approximate surface area is 148 Å². The van der Waals surface area contributed by atoms with Crippen LogP contribution in [0.15, 0.2) is 47.6 Å². The molecule has 4 nitrogen and oxygen atoms in total. The van der Waals surface area contributed by atoms with Gasteiger partial charge in [0.15, 0.2) is 0 Å². The van der Waals surface area contributed by atoms with Crippen LogP contribution in [-0.4, -0.2) is 12.2 Å². The van der Waals surface area contributed by atoms with Crippen LogP contribution >= 0.6 is 34.8 Å². The topological polar surface area (TPSA) is 47.9 Å². The fraction of sp³-hybridized carbons (Fsp3) is 0.125. The Morgan fingerprint density at radius 3 is 2.48 bits per heavy atom. The number of nitrogens with zero attached hydrogens (tertiary/aromatic N) is 1. The third-order valence-corrected chi connectivity index (χ3v) is 3.66. The predicted molar refractivity (Wildman–Crippen MR) is 91.4 cm³/mol. The summed E-state index contributed by atoms with van der Waals surface area (Å²) in [5.74, 6) is -0.0289. The van der Waals surface area contributed by atoms with Crippen molar-refractivity contribution < 1.29 is 14.4 Å². The Hall–Kier alpha value is -1.75. The minimum Gasteiger partial charge on any atom is -0.426 e. The van der Waals surface area contributed by atoms with E-state index in [1.807, 2.05) is 0 Å². The summed E-state index contributed by atoms with van der Waals surface area (Å²) in [5, 5.41) is 5.19. The maximum absolute atomic E-state index is 11.6. The van der Waals surface area contributed by atoms with Crippen molar-refractivity contribution >= 4 is 47.0 Å². The van der Waals surface area contributed by atoms with E-state index in [0.29, 0.717) is 20.8 Å². The standard InChI is InChI=1S/C16H12Cl3NO3/c17-12-2-4-13(5-3-12)23-16(21)7-8-20-22-10-11-1-6-14(18)15(19)9-11/h1-6,8-9H,7,10H2/b20-8+. The average Bonchev–Trinajstić information content (AvgIpc) is 2.53. The van der Waals surface area contributed by atoms with Gasteiger partial charge in [-0.05, 0) is 42.0 Å². The number of hydrogen-bond donors (Lipinski definition) is 0. The number of hydrogen-bond acceptors (Lipinski definition) is 4. The van der Waals surface area contributed by atoms with Gasteiger partial charge in [-0.15, -0.1) is 0 Å². The molecular weight excluding hydrogens is 361 g/mol. The number of carbonyl (C=O) groups is 1. The second-order valence-electron chi connectivity index (χ2n) is 4.44. The molecule has 0 aliphatic heterocycles. The fourth-order valence-corrected chi connectivity index (χ4v) is 2.03. The van der Waals surface area contributed by atoms with Gasteiger partial charge in [0.2, 0.25) is 0 Å². The largest absolute Gasteiger partial charge is 0.426 e. The van der Waals surface area contributed by atoms with Gasteiger partial charge in [-0.3, -0.25) is 4.79 Å². The monoisotopic (exact) mass is 371 g/mol. The number of esters is 1. The lowest BCUT2D eigenvalue weighted by atomic mass is 10.2. The van der Waals surface area contributed by atoms with Crippen LogP contribution in [0, 0.1) is 0 Å². The maximum Gasteiger partial charge on any atom is 0.316 e. The SMILES string of the molecule is O=C(C/C=N/OCc1ccc(Cl)c(Cl)c1)Oc1ccc(Cl)cc1. The van der Waals surface area contributed by atoms with Gasteiger partial charge in [0.05, 0.1) is 22.7 Å². The van der Waals surface area contributed by atoms with Crippen molar-refractivity contribution in [2.75, 3.05) is 0 Å². The molecule has 2 aromatic rings. The molecule has 0 amide bonds. The van der Waals surface area contributed by atoms with Crippen molar-refractivity contribution in [2.45, 2.75) is 13.0 Å². The Morgan fingerprint density at radius 2 is 1.78 bits per heavy atom. The zero-order chi connectivity index (χ0) is 16.7. The second-order valence-corrected chi connectivity index (χ2v) is 5.69. The normalized spacial score (nSPS) is 10.7. The van der Waals surface area contributed by atoms with E-state index >= 15 is 0 Å². The van der Waals surface area contributed by atoms with Gasteiger partial charge < -0.3 is 9.57 Å². The van der Waals surface area contributed by atoms with E-state index in [1.165, 1.54) is 6.21 Å². The van der Waals surface area contributed by atoms with E-state index in [2.05, 4.69) is 5.16 Å². The minimum absolute atomic E-state index is 0.00992. The molecule has 0 fully saturated rings. The second kappa shape index (κ2) is 8.77. The van der Waals surface area contributed by atoms with Gasteiger partial charge in [0, 0.05) is 5.02 Å². The summed E-state index contributed by atoms with van der Waals surface area (Å²) < 4.78 is 5.09. The van der Waals surface area contributed by atoms with Crippen molar-refractivity contribution in [1.29, 1.82) is 0 Å². The molecule has 0 unspecified atom stereocenters. The highest BCUT2D eigenvalue weighted by Gasteiger charge is 2.03. The van der Waals surface area contributed by atoms with Crippen LogP contribution in [0.1, 0.15) is 12.0 Å². The Balaban J connectivity index is 1.72. The summed E-state index contributed by atoms with van der Waals surface area (Å²) in [6.07, 6.45) is 1.32. The highest BCUT2D eigenvalue weighted by molar-refractivity contribution is 6.42. The quantitative estimate of drug-likeness (QED) is 0.305. The molecule has 0 saturated heterocycles. The van der Waals surface area contributed by atoms with Crippen LogP contribution < -0.4 is 4.74 Å². The zero-order valence-electron chi connectivity index (χ0n) is 11.8. The van der Waals surface area contributed by atoms with E-state index in [0.717, 1.165) is 5.56 Å². The Bertz CT molecular complexity index is 702. The molecule has 0 bridgehead atoms. The van der Waals surface area contributed by atoms with Crippen molar-refractivity contribution in [3.63, 3.8) is 0 Å². The molecule has 0 radical (unpaired) electrons. The molecule has 0 N–H and O–H groups in total. The maximum atomic E-state index is 11.6. The van der Waals surface area contributed by atoms with Crippen LogP contribution in [0.25, 0.3) is 0 Å². The summed E-state index contributed by atoms with van der Waals surface area (Å²) in [4.78, 5) is 16.7. The highest BCUT2D eigenvalue weighted by atomic mass is 35.5. The van der Waals surface area contributed by atoms with Crippen molar-refractivity contribution in [1.82, 2.24) is 0 Å². The van der Waals surface area contributed by atoms with Crippen LogP contribution in [0.2, 0.25) is 15.1 Å². The van der Waals surface area contributed by atoms with Crippen LogP contribution in [0.5, 0.6) is 5.75 Å². The van der Waals surface area contributed by atoms with Gasteiger partial charge in [-0.2, -0.15) is 0 Å². The lowest BCUT2D eigenvalue weighted by Gasteiger charge is -2.03. The minimum atomic E-state index is -0.450. The summed E-state index contributed by atoms with van der Waals surface area (Å²) in [5.41, 5.74) is 0.820. The van der Waals surface area contributed by atoms with E-state index in [9.17, 15) is 4.79 Å². The third kappa shape index (κ3) is 6.10. The molecule has 0 aromatic heterocycles. The van der Waals surface area contributed by atoms with Gasteiger partial charge in [0.25, 0.3) is 0 Å². The molecule has 0 aliphatic rings. The molecular formula is C16H12Cl3NO3. The van der Waals surface area contributed by atoms with Gasteiger partial charge >= 0.3 is 5.97 Å². The molecule has 2 aromatic carbocycles. The predicted octanol–water partition coefficient (Wildman–Crippen LogP) is 5.14. The van der Waals surface area contributed by atoms with Crippen LogP contribution in [0.3, 0.4) is 0 Å². The van der Waals surface area contributed by atoms with Crippen molar-refractivity contribution in [3.8, 4) is 5.75 Å². The smallest absolute Gasteiger partial charge is 0.316 e. The fourth-order valence-electron chi connectivity index (χ4n) is 1.58. The van der Waals surface area contributed by atoms with E-state index in [-0.39, 0.29) is 13.0 Å². The first kappa shape index (κ1) is 17.6. The van der Waals surface area contributed by atoms with E-state index in [1.54, 1.807) is 42.5 Å². The number of halogens is 3. The third-order valence-electron chi connectivity index (χ3n) is 2.67. The number of ether oxygens (including phenoxy) is 1. The lowest BCUT2D eigenvalue weighted by molar-refractivity contribution is -0.132. The molecule has 120 valence electrons. The van der Waals surface area contributed by atoms with Gasteiger partial charge in [0.1, 0.15) is 12.4 Å². The number of benzene rings is 2.